The molecule has 0 N–H and O–H groups in total. The molecule has 3 nitrogen and oxygen atoms in total. The molecule has 1 aliphatic heterocycles. The third-order valence-electron chi connectivity index (χ3n) is 4.93. The van der Waals surface area contributed by atoms with Crippen molar-refractivity contribution in [1.82, 2.24) is 4.90 Å². The van der Waals surface area contributed by atoms with Crippen molar-refractivity contribution in [2.75, 3.05) is 6.54 Å². The Hall–Kier alpha value is -1.04. The Balaban J connectivity index is 2.11. The van der Waals surface area contributed by atoms with E-state index in [-0.39, 0.29) is 5.91 Å². The summed E-state index contributed by atoms with van der Waals surface area (Å²) in [6.07, 6.45) is 8.02. The Bertz CT molecular complexity index is 354. The van der Waals surface area contributed by atoms with Crippen molar-refractivity contribution >= 4 is 5.91 Å². The Labute approximate surface area is 110 Å². The third kappa shape index (κ3) is 2.25. The second-order valence-corrected chi connectivity index (χ2v) is 6.05. The lowest BCUT2D eigenvalue weighted by Gasteiger charge is -2.34. The van der Waals surface area contributed by atoms with Crippen LogP contribution in [-0.4, -0.2) is 23.4 Å². The van der Waals surface area contributed by atoms with Crippen LogP contribution in [-0.2, 0) is 4.79 Å². The number of nitriles is 1. The number of carbonyl (C=O) groups excluding carboxylic acids is 1. The van der Waals surface area contributed by atoms with Crippen LogP contribution < -0.4 is 0 Å². The summed E-state index contributed by atoms with van der Waals surface area (Å²) in [5, 5.41) is 9.27. The fraction of sp³-hybridized carbons (Fsp3) is 0.867. The number of carbonyl (C=O) groups is 1. The van der Waals surface area contributed by atoms with Gasteiger partial charge in [-0.05, 0) is 44.9 Å². The summed E-state index contributed by atoms with van der Waals surface area (Å²) in [6, 6.07) is 2.64. The van der Waals surface area contributed by atoms with Gasteiger partial charge in [-0.3, -0.25) is 4.79 Å². The zero-order valence-electron chi connectivity index (χ0n) is 11.6. The highest BCUT2D eigenvalue weighted by Gasteiger charge is 2.42. The summed E-state index contributed by atoms with van der Waals surface area (Å²) in [4.78, 5) is 14.6. The van der Waals surface area contributed by atoms with Gasteiger partial charge in [0, 0.05) is 12.6 Å². The first kappa shape index (κ1) is 13.4. The van der Waals surface area contributed by atoms with Gasteiger partial charge in [-0.25, -0.2) is 0 Å². The van der Waals surface area contributed by atoms with Crippen molar-refractivity contribution in [1.29, 1.82) is 5.26 Å². The van der Waals surface area contributed by atoms with E-state index in [2.05, 4.69) is 6.07 Å². The van der Waals surface area contributed by atoms with Crippen LogP contribution >= 0.6 is 0 Å². The largest absolute Gasteiger partial charge is 0.338 e. The normalized spacial score (nSPS) is 28.1. The smallest absolute Gasteiger partial charge is 0.243 e. The minimum Gasteiger partial charge on any atom is -0.338 e. The molecule has 0 aromatic carbocycles. The number of likely N-dealkylation sites (tertiary alicyclic amines) is 1. The maximum absolute atomic E-state index is 12.6. The van der Waals surface area contributed by atoms with Crippen molar-refractivity contribution in [2.24, 2.45) is 11.3 Å². The molecule has 2 unspecified atom stereocenters. The van der Waals surface area contributed by atoms with E-state index >= 15 is 0 Å². The quantitative estimate of drug-likeness (QED) is 0.770. The average Bonchev–Trinajstić information content (AvgIpc) is 3.06. The molecule has 0 aromatic heterocycles. The van der Waals surface area contributed by atoms with Gasteiger partial charge < -0.3 is 4.90 Å². The van der Waals surface area contributed by atoms with E-state index in [1.807, 2.05) is 11.8 Å². The SMILES string of the molecule is CCC(C)(C#N)C(=O)N1CCCC1C1CCCC1. The van der Waals surface area contributed by atoms with Crippen molar-refractivity contribution in [3.63, 3.8) is 0 Å². The second kappa shape index (κ2) is 5.30. The van der Waals surface area contributed by atoms with Crippen LogP contribution in [0.3, 0.4) is 0 Å². The van der Waals surface area contributed by atoms with Crippen LogP contribution in [0, 0.1) is 22.7 Å². The van der Waals surface area contributed by atoms with Gasteiger partial charge in [-0.15, -0.1) is 0 Å². The Morgan fingerprint density at radius 1 is 1.33 bits per heavy atom. The molecule has 2 aliphatic rings. The van der Waals surface area contributed by atoms with E-state index in [0.29, 0.717) is 18.4 Å². The second-order valence-electron chi connectivity index (χ2n) is 6.05. The highest BCUT2D eigenvalue weighted by molar-refractivity contribution is 5.85. The highest BCUT2D eigenvalue weighted by Crippen LogP contribution is 2.37. The molecule has 2 rings (SSSR count). The molecule has 0 radical (unpaired) electrons. The molecule has 100 valence electrons. The Morgan fingerprint density at radius 3 is 2.56 bits per heavy atom. The molecular weight excluding hydrogens is 224 g/mol. The number of hydrogen-bond acceptors (Lipinski definition) is 2. The summed E-state index contributed by atoms with van der Waals surface area (Å²) in [5.41, 5.74) is -0.818. The van der Waals surface area contributed by atoms with Crippen LogP contribution in [0.2, 0.25) is 0 Å². The van der Waals surface area contributed by atoms with Gasteiger partial charge in [0.1, 0.15) is 5.41 Å². The predicted molar refractivity (Wildman–Crippen MR) is 70.7 cm³/mol. The topological polar surface area (TPSA) is 44.1 Å². The molecule has 2 atom stereocenters. The van der Waals surface area contributed by atoms with Gasteiger partial charge in [0.25, 0.3) is 0 Å². The van der Waals surface area contributed by atoms with E-state index in [0.717, 1.165) is 19.4 Å². The molecule has 18 heavy (non-hydrogen) atoms. The van der Waals surface area contributed by atoms with Crippen molar-refractivity contribution < 1.29 is 4.79 Å². The first-order valence-electron chi connectivity index (χ1n) is 7.34. The number of hydrogen-bond donors (Lipinski definition) is 0. The molecule has 1 aliphatic carbocycles. The van der Waals surface area contributed by atoms with Crippen LogP contribution in [0.15, 0.2) is 0 Å². The van der Waals surface area contributed by atoms with Crippen LogP contribution in [0.25, 0.3) is 0 Å². The molecule has 1 heterocycles. The van der Waals surface area contributed by atoms with E-state index in [9.17, 15) is 10.1 Å². The van der Waals surface area contributed by atoms with E-state index in [1.165, 1.54) is 25.7 Å². The van der Waals surface area contributed by atoms with Crippen LogP contribution in [0.4, 0.5) is 0 Å². The lowest BCUT2D eigenvalue weighted by Crippen LogP contribution is -2.46. The van der Waals surface area contributed by atoms with Gasteiger partial charge >= 0.3 is 0 Å². The van der Waals surface area contributed by atoms with Crippen molar-refractivity contribution in [3.8, 4) is 6.07 Å². The van der Waals surface area contributed by atoms with Gasteiger partial charge in [-0.1, -0.05) is 19.8 Å². The third-order valence-corrected chi connectivity index (χ3v) is 4.93. The maximum Gasteiger partial charge on any atom is 0.243 e. The minimum absolute atomic E-state index is 0.0712. The molecule has 3 heteroatoms. The Kier molecular flexibility index (Phi) is 3.94. The number of nitrogens with zero attached hydrogens (tertiary/aromatic N) is 2. The predicted octanol–water partition coefficient (Wildman–Crippen LogP) is 3.11. The summed E-state index contributed by atoms with van der Waals surface area (Å²) < 4.78 is 0. The fourth-order valence-electron chi connectivity index (χ4n) is 3.47. The fourth-order valence-corrected chi connectivity index (χ4v) is 3.47. The molecule has 1 saturated carbocycles. The standard InChI is InChI=1S/C15H24N2O/c1-3-15(2,11-16)14(18)17-10-6-9-13(17)12-7-4-5-8-12/h12-13H,3-10H2,1-2H3. The zero-order chi connectivity index (χ0) is 13.2. The van der Waals surface area contributed by atoms with E-state index in [4.69, 9.17) is 0 Å². The summed E-state index contributed by atoms with van der Waals surface area (Å²) in [5.74, 6) is 0.762. The maximum atomic E-state index is 12.6. The lowest BCUT2D eigenvalue weighted by molar-refractivity contribution is -0.140. The van der Waals surface area contributed by atoms with Crippen molar-refractivity contribution in [2.45, 2.75) is 64.8 Å². The van der Waals surface area contributed by atoms with Gasteiger partial charge in [0.2, 0.25) is 5.91 Å². The first-order valence-corrected chi connectivity index (χ1v) is 7.34. The average molecular weight is 248 g/mol. The molecule has 0 bridgehead atoms. The number of rotatable bonds is 3. The molecule has 2 fully saturated rings. The molecule has 1 saturated heterocycles. The van der Waals surface area contributed by atoms with Crippen LogP contribution in [0.5, 0.6) is 0 Å². The lowest BCUT2D eigenvalue weighted by atomic mass is 9.86. The summed E-state index contributed by atoms with van der Waals surface area (Å²) in [7, 11) is 0. The van der Waals surface area contributed by atoms with Gasteiger partial charge in [0.05, 0.1) is 6.07 Å². The van der Waals surface area contributed by atoms with E-state index < -0.39 is 5.41 Å². The molecule has 0 spiro atoms. The monoisotopic (exact) mass is 248 g/mol. The first-order chi connectivity index (χ1) is 8.62. The van der Waals surface area contributed by atoms with Crippen molar-refractivity contribution in [3.05, 3.63) is 0 Å². The molecule has 0 aromatic rings. The molecule has 1 amide bonds. The minimum atomic E-state index is -0.818. The van der Waals surface area contributed by atoms with Gasteiger partial charge in [0.15, 0.2) is 0 Å². The highest BCUT2D eigenvalue weighted by atomic mass is 16.2. The van der Waals surface area contributed by atoms with Crippen LogP contribution in [0.1, 0.15) is 58.8 Å². The summed E-state index contributed by atoms with van der Waals surface area (Å²) >= 11 is 0. The zero-order valence-corrected chi connectivity index (χ0v) is 11.6. The molecular formula is C15H24N2O. The Morgan fingerprint density at radius 2 is 2.00 bits per heavy atom. The van der Waals surface area contributed by atoms with Gasteiger partial charge in [-0.2, -0.15) is 5.26 Å². The number of amides is 1. The van der Waals surface area contributed by atoms with E-state index in [1.54, 1.807) is 6.92 Å². The summed E-state index contributed by atoms with van der Waals surface area (Å²) in [6.45, 7) is 4.58.